The van der Waals surface area contributed by atoms with Crippen molar-refractivity contribution in [3.8, 4) is 0 Å². The van der Waals surface area contributed by atoms with Crippen molar-refractivity contribution in [2.75, 3.05) is 5.75 Å². The van der Waals surface area contributed by atoms with Crippen LogP contribution in [0.1, 0.15) is 6.92 Å². The molecule has 2 aromatic carbocycles. The Morgan fingerprint density at radius 3 is 2.26 bits per heavy atom. The number of fused-ring (bicyclic) bond motifs is 1. The van der Waals surface area contributed by atoms with Gasteiger partial charge in [0.1, 0.15) is 0 Å². The van der Waals surface area contributed by atoms with Crippen LogP contribution < -0.4 is 4.13 Å². The van der Waals surface area contributed by atoms with Crippen molar-refractivity contribution in [3.63, 3.8) is 0 Å². The molecule has 19 heavy (non-hydrogen) atoms. The number of nitrogens with one attached hydrogen (secondary N) is 1. The molecule has 0 bridgehead atoms. The van der Waals surface area contributed by atoms with Crippen LogP contribution in [0.3, 0.4) is 0 Å². The minimum absolute atomic E-state index is 0.0392. The Morgan fingerprint density at radius 1 is 0.947 bits per heavy atom. The van der Waals surface area contributed by atoms with E-state index in [0.29, 0.717) is 5.39 Å². The molecule has 0 aliphatic rings. The van der Waals surface area contributed by atoms with Gasteiger partial charge in [-0.3, -0.25) is 0 Å². The van der Waals surface area contributed by atoms with Gasteiger partial charge in [0, 0.05) is 5.39 Å². The van der Waals surface area contributed by atoms with E-state index >= 15 is 0 Å². The van der Waals surface area contributed by atoms with Gasteiger partial charge < -0.3 is 0 Å². The van der Waals surface area contributed by atoms with Crippen molar-refractivity contribution in [1.29, 1.82) is 0 Å². The lowest BCUT2D eigenvalue weighted by molar-refractivity contribution is 0.578. The maximum absolute atomic E-state index is 12.1. The van der Waals surface area contributed by atoms with Gasteiger partial charge >= 0.3 is 0 Å². The molecule has 102 valence electrons. The van der Waals surface area contributed by atoms with Crippen LogP contribution >= 0.6 is 0 Å². The molecule has 0 amide bonds. The SMILES string of the molecule is CCS(=O)(=O)NS(=O)(=O)c1cccc2ccccc12. The molecule has 0 atom stereocenters. The molecular weight excluding hydrogens is 286 g/mol. The van der Waals surface area contributed by atoms with Crippen molar-refractivity contribution in [3.05, 3.63) is 42.5 Å². The van der Waals surface area contributed by atoms with Gasteiger partial charge in [-0.1, -0.05) is 36.4 Å². The summed E-state index contributed by atoms with van der Waals surface area (Å²) in [7, 11) is -7.93. The van der Waals surface area contributed by atoms with Crippen LogP contribution in [0, 0.1) is 0 Å². The summed E-state index contributed by atoms with van der Waals surface area (Å²) in [4.78, 5) is -0.0392. The largest absolute Gasteiger partial charge is 0.254 e. The molecule has 0 saturated carbocycles. The minimum Gasteiger partial charge on any atom is -0.211 e. The van der Waals surface area contributed by atoms with Crippen LogP contribution in [0.25, 0.3) is 10.8 Å². The van der Waals surface area contributed by atoms with E-state index in [1.807, 2.05) is 0 Å². The smallest absolute Gasteiger partial charge is 0.211 e. The van der Waals surface area contributed by atoms with Gasteiger partial charge in [-0.15, -0.1) is 4.13 Å². The molecule has 0 spiro atoms. The van der Waals surface area contributed by atoms with E-state index < -0.39 is 20.0 Å². The lowest BCUT2D eigenvalue weighted by atomic mass is 10.1. The summed E-state index contributed by atoms with van der Waals surface area (Å²) in [6, 6.07) is 11.6. The first-order valence-electron chi connectivity index (χ1n) is 5.60. The van der Waals surface area contributed by atoms with Crippen molar-refractivity contribution in [2.45, 2.75) is 11.8 Å². The van der Waals surface area contributed by atoms with Gasteiger partial charge in [-0.05, 0) is 18.4 Å². The molecule has 0 heterocycles. The van der Waals surface area contributed by atoms with Crippen molar-refractivity contribution >= 4 is 30.8 Å². The molecular formula is C12H13NO4S2. The second-order valence-corrected chi connectivity index (χ2v) is 7.89. The Balaban J connectivity index is 2.62. The summed E-state index contributed by atoms with van der Waals surface area (Å²) in [6.07, 6.45) is 0. The number of sulfonamides is 2. The summed E-state index contributed by atoms with van der Waals surface area (Å²) in [5.41, 5.74) is 0. The Hall–Kier alpha value is -1.44. The van der Waals surface area contributed by atoms with Crippen LogP contribution in [0.15, 0.2) is 47.4 Å². The predicted molar refractivity (Wildman–Crippen MR) is 73.7 cm³/mol. The minimum atomic E-state index is -4.09. The molecule has 2 aromatic rings. The van der Waals surface area contributed by atoms with Gasteiger partial charge in [-0.2, -0.15) is 0 Å². The molecule has 0 aliphatic carbocycles. The van der Waals surface area contributed by atoms with Crippen molar-refractivity contribution < 1.29 is 16.8 Å². The number of benzene rings is 2. The Bertz CT molecular complexity index is 805. The van der Waals surface area contributed by atoms with E-state index in [4.69, 9.17) is 0 Å². The highest BCUT2D eigenvalue weighted by Crippen LogP contribution is 2.22. The average molecular weight is 299 g/mol. The zero-order valence-electron chi connectivity index (χ0n) is 10.2. The van der Waals surface area contributed by atoms with E-state index in [1.165, 1.54) is 13.0 Å². The van der Waals surface area contributed by atoms with Gasteiger partial charge in [0.25, 0.3) is 10.0 Å². The standard InChI is InChI=1S/C12H13NO4S2/c1-2-18(14,15)13-19(16,17)12-9-5-7-10-6-3-4-8-11(10)12/h3-9,13H,2H2,1H3. The molecule has 0 aliphatic heterocycles. The van der Waals surface area contributed by atoms with E-state index in [-0.39, 0.29) is 10.6 Å². The zero-order chi connectivity index (χ0) is 14.1. The molecule has 0 fully saturated rings. The van der Waals surface area contributed by atoms with E-state index in [0.717, 1.165) is 5.39 Å². The topological polar surface area (TPSA) is 80.3 Å². The molecule has 7 heteroatoms. The lowest BCUT2D eigenvalue weighted by Gasteiger charge is -2.09. The first kappa shape index (κ1) is 14.0. The monoisotopic (exact) mass is 299 g/mol. The first-order chi connectivity index (χ1) is 8.86. The van der Waals surface area contributed by atoms with Crippen LogP contribution in [-0.2, 0) is 20.0 Å². The zero-order valence-corrected chi connectivity index (χ0v) is 11.8. The predicted octanol–water partition coefficient (Wildman–Crippen LogP) is 1.47. The molecule has 0 saturated heterocycles. The molecule has 5 nitrogen and oxygen atoms in total. The van der Waals surface area contributed by atoms with Gasteiger partial charge in [-0.25, -0.2) is 16.8 Å². The van der Waals surface area contributed by atoms with Crippen LogP contribution in [0.5, 0.6) is 0 Å². The summed E-state index contributed by atoms with van der Waals surface area (Å²) in [5.74, 6) is -0.295. The highest BCUT2D eigenvalue weighted by Gasteiger charge is 2.22. The quantitative estimate of drug-likeness (QED) is 0.927. The van der Waals surface area contributed by atoms with E-state index in [1.54, 1.807) is 40.5 Å². The average Bonchev–Trinajstić information content (AvgIpc) is 2.37. The van der Waals surface area contributed by atoms with Crippen molar-refractivity contribution in [2.24, 2.45) is 0 Å². The first-order valence-corrected chi connectivity index (χ1v) is 8.73. The fourth-order valence-electron chi connectivity index (χ4n) is 1.70. The maximum Gasteiger partial charge on any atom is 0.254 e. The van der Waals surface area contributed by atoms with Gasteiger partial charge in [0.05, 0.1) is 10.6 Å². The number of hydrogen-bond acceptors (Lipinski definition) is 4. The highest BCUT2D eigenvalue weighted by molar-refractivity contribution is 8.04. The Kier molecular flexibility index (Phi) is 3.62. The van der Waals surface area contributed by atoms with Crippen LogP contribution in [0.2, 0.25) is 0 Å². The van der Waals surface area contributed by atoms with Crippen molar-refractivity contribution in [1.82, 2.24) is 4.13 Å². The fraction of sp³-hybridized carbons (Fsp3) is 0.167. The number of rotatable bonds is 4. The second-order valence-electron chi connectivity index (χ2n) is 3.97. The molecule has 2 rings (SSSR count). The second kappa shape index (κ2) is 4.92. The molecule has 0 unspecified atom stereocenters. The third-order valence-corrected chi connectivity index (χ3v) is 6.24. The number of hydrogen-bond donors (Lipinski definition) is 1. The normalized spacial score (nSPS) is 12.7. The third-order valence-electron chi connectivity index (χ3n) is 2.66. The van der Waals surface area contributed by atoms with E-state index in [9.17, 15) is 16.8 Å². The third kappa shape index (κ3) is 2.94. The summed E-state index contributed by atoms with van der Waals surface area (Å²) < 4.78 is 48.9. The van der Waals surface area contributed by atoms with Gasteiger partial charge in [0.2, 0.25) is 10.0 Å². The lowest BCUT2D eigenvalue weighted by Crippen LogP contribution is -2.31. The molecule has 0 aromatic heterocycles. The van der Waals surface area contributed by atoms with Gasteiger partial charge in [0.15, 0.2) is 0 Å². The summed E-state index contributed by atoms with van der Waals surface area (Å²) >= 11 is 0. The fourth-order valence-corrected chi connectivity index (χ4v) is 4.60. The summed E-state index contributed by atoms with van der Waals surface area (Å²) in [5, 5.41) is 1.23. The molecule has 1 N–H and O–H groups in total. The summed E-state index contributed by atoms with van der Waals surface area (Å²) in [6.45, 7) is 1.38. The van der Waals surface area contributed by atoms with Crippen LogP contribution in [0.4, 0.5) is 0 Å². The van der Waals surface area contributed by atoms with Crippen LogP contribution in [-0.4, -0.2) is 22.6 Å². The molecule has 0 radical (unpaired) electrons. The van der Waals surface area contributed by atoms with E-state index in [2.05, 4.69) is 0 Å². The maximum atomic E-state index is 12.1. The Labute approximate surface area is 112 Å². The highest BCUT2D eigenvalue weighted by atomic mass is 32.3. The Morgan fingerprint density at radius 2 is 1.58 bits per heavy atom.